The van der Waals surface area contributed by atoms with Crippen LogP contribution in [0.15, 0.2) is 24.4 Å². The molecular weight excluding hydrogens is 437 g/mol. The number of hydrogen-bond donors (Lipinski definition) is 2. The fourth-order valence-electron chi connectivity index (χ4n) is 2.72. The number of aryl methyl sites for hydroxylation is 1. The average molecular weight is 457 g/mol. The second-order valence-electron chi connectivity index (χ2n) is 7.20. The van der Waals surface area contributed by atoms with Crippen molar-refractivity contribution in [1.82, 2.24) is 15.3 Å². The van der Waals surface area contributed by atoms with Crippen molar-refractivity contribution < 1.29 is 27.5 Å². The molecule has 1 fully saturated rings. The van der Waals surface area contributed by atoms with E-state index in [9.17, 15) is 22.8 Å². The van der Waals surface area contributed by atoms with Crippen LogP contribution in [-0.2, 0) is 4.79 Å². The molecule has 166 valence electrons. The molecule has 2 atom stereocenters. The highest BCUT2D eigenvalue weighted by Gasteiger charge is 2.30. The van der Waals surface area contributed by atoms with Gasteiger partial charge in [-0.1, -0.05) is 11.6 Å². The Labute approximate surface area is 181 Å². The first-order chi connectivity index (χ1) is 14.6. The van der Waals surface area contributed by atoms with Crippen molar-refractivity contribution in [3.63, 3.8) is 0 Å². The van der Waals surface area contributed by atoms with Crippen LogP contribution in [0.4, 0.5) is 19.0 Å². The summed E-state index contributed by atoms with van der Waals surface area (Å²) in [6, 6.07) is 3.82. The summed E-state index contributed by atoms with van der Waals surface area (Å²) in [5, 5.41) is 5.28. The SMILES string of the molecule is Cc1cc(C(=O)NC(C)c2cnc(OC(F)C(F)F)c(Cl)c2)cc(NC(=O)C2CC2)n1. The predicted molar refractivity (Wildman–Crippen MR) is 107 cm³/mol. The van der Waals surface area contributed by atoms with Crippen molar-refractivity contribution in [3.05, 3.63) is 46.2 Å². The Morgan fingerprint density at radius 1 is 1.23 bits per heavy atom. The predicted octanol–water partition coefficient (Wildman–Crippen LogP) is 4.22. The van der Waals surface area contributed by atoms with Crippen molar-refractivity contribution >= 4 is 29.2 Å². The molecular formula is C20H20ClF3N4O3. The van der Waals surface area contributed by atoms with Gasteiger partial charge in [0.05, 0.1) is 6.04 Å². The number of carbonyl (C=O) groups excluding carboxylic acids is 2. The van der Waals surface area contributed by atoms with Crippen LogP contribution in [0.3, 0.4) is 0 Å². The van der Waals surface area contributed by atoms with Crippen LogP contribution in [0.2, 0.25) is 5.02 Å². The molecule has 2 unspecified atom stereocenters. The van der Waals surface area contributed by atoms with E-state index in [-0.39, 0.29) is 16.8 Å². The second kappa shape index (κ2) is 9.51. The van der Waals surface area contributed by atoms with Crippen LogP contribution >= 0.6 is 11.6 Å². The molecule has 0 spiro atoms. The number of alkyl halides is 3. The summed E-state index contributed by atoms with van der Waals surface area (Å²) < 4.78 is 42.0. The van der Waals surface area contributed by atoms with E-state index >= 15 is 0 Å². The van der Waals surface area contributed by atoms with E-state index in [1.54, 1.807) is 19.9 Å². The highest BCUT2D eigenvalue weighted by atomic mass is 35.5. The zero-order valence-electron chi connectivity index (χ0n) is 16.7. The second-order valence-corrected chi connectivity index (χ2v) is 7.61. The third-order valence-corrected chi connectivity index (χ3v) is 4.78. The maximum atomic E-state index is 13.0. The lowest BCUT2D eigenvalue weighted by Crippen LogP contribution is -2.27. The van der Waals surface area contributed by atoms with Crippen LogP contribution in [0.5, 0.6) is 5.88 Å². The molecule has 0 aliphatic heterocycles. The van der Waals surface area contributed by atoms with Gasteiger partial charge in [0.25, 0.3) is 12.3 Å². The van der Waals surface area contributed by atoms with Gasteiger partial charge in [-0.3, -0.25) is 9.59 Å². The molecule has 31 heavy (non-hydrogen) atoms. The number of carbonyl (C=O) groups is 2. The van der Waals surface area contributed by atoms with E-state index in [1.165, 1.54) is 18.3 Å². The van der Waals surface area contributed by atoms with Crippen molar-refractivity contribution in [3.8, 4) is 5.88 Å². The van der Waals surface area contributed by atoms with Crippen LogP contribution in [0.1, 0.15) is 47.4 Å². The lowest BCUT2D eigenvalue weighted by atomic mass is 10.1. The van der Waals surface area contributed by atoms with E-state index in [4.69, 9.17) is 11.6 Å². The van der Waals surface area contributed by atoms with Crippen LogP contribution in [0.25, 0.3) is 0 Å². The Morgan fingerprint density at radius 3 is 2.55 bits per heavy atom. The fourth-order valence-corrected chi connectivity index (χ4v) is 2.94. The van der Waals surface area contributed by atoms with Crippen LogP contribution < -0.4 is 15.4 Å². The maximum absolute atomic E-state index is 13.0. The lowest BCUT2D eigenvalue weighted by Gasteiger charge is -2.16. The quantitative estimate of drug-likeness (QED) is 0.620. The molecule has 0 aromatic carbocycles. The number of nitrogens with one attached hydrogen (secondary N) is 2. The normalized spacial score (nSPS) is 15.3. The summed E-state index contributed by atoms with van der Waals surface area (Å²) in [7, 11) is 0. The Bertz CT molecular complexity index is 988. The third-order valence-electron chi connectivity index (χ3n) is 4.51. The van der Waals surface area contributed by atoms with Gasteiger partial charge in [0.1, 0.15) is 10.8 Å². The number of rotatable bonds is 8. The van der Waals surface area contributed by atoms with E-state index in [1.807, 2.05) is 0 Å². The number of halogens is 4. The molecule has 7 nitrogen and oxygen atoms in total. The fraction of sp³-hybridized carbons (Fsp3) is 0.400. The molecule has 2 heterocycles. The Morgan fingerprint density at radius 2 is 1.94 bits per heavy atom. The van der Waals surface area contributed by atoms with E-state index in [2.05, 4.69) is 25.3 Å². The molecule has 1 aliphatic carbocycles. The van der Waals surface area contributed by atoms with Crippen LogP contribution in [0, 0.1) is 12.8 Å². The number of hydrogen-bond acceptors (Lipinski definition) is 5. The third kappa shape index (κ3) is 6.06. The Kier molecular flexibility index (Phi) is 6.99. The number of ether oxygens (including phenoxy) is 1. The first kappa shape index (κ1) is 22.8. The molecule has 2 amide bonds. The van der Waals surface area contributed by atoms with Crippen molar-refractivity contribution in [2.75, 3.05) is 5.32 Å². The van der Waals surface area contributed by atoms with Gasteiger partial charge in [0, 0.05) is 23.4 Å². The molecule has 2 N–H and O–H groups in total. The standard InChI is InChI=1S/C20H20ClF3N4O3/c1-9-5-12(7-15(26-9)28-18(29)11-3-4-11)19(30)27-10(2)13-6-14(21)20(25-8-13)31-17(24)16(22)23/h5-8,10-11,16-17H,3-4H2,1-2H3,(H,27,30)(H,26,28,29). The number of aromatic nitrogens is 2. The number of nitrogens with zero attached hydrogens (tertiary/aromatic N) is 2. The Balaban J connectivity index is 1.68. The van der Waals surface area contributed by atoms with Crippen LogP contribution in [-0.4, -0.2) is 34.6 Å². The summed E-state index contributed by atoms with van der Waals surface area (Å²) in [5.74, 6) is -0.739. The molecule has 1 aliphatic rings. The minimum Gasteiger partial charge on any atom is -0.436 e. The summed E-state index contributed by atoms with van der Waals surface area (Å²) in [6.07, 6.45) is -3.26. The van der Waals surface area contributed by atoms with Gasteiger partial charge in [-0.2, -0.15) is 4.39 Å². The van der Waals surface area contributed by atoms with Gasteiger partial charge in [0.2, 0.25) is 11.8 Å². The van der Waals surface area contributed by atoms with Gasteiger partial charge in [0.15, 0.2) is 0 Å². The maximum Gasteiger partial charge on any atom is 0.304 e. The minimum atomic E-state index is -3.33. The monoisotopic (exact) mass is 456 g/mol. The number of anilines is 1. The molecule has 0 bridgehead atoms. The summed E-state index contributed by atoms with van der Waals surface area (Å²) in [4.78, 5) is 32.6. The smallest absolute Gasteiger partial charge is 0.304 e. The van der Waals surface area contributed by atoms with Gasteiger partial charge in [-0.25, -0.2) is 18.7 Å². The van der Waals surface area contributed by atoms with E-state index in [0.29, 0.717) is 22.6 Å². The highest BCUT2D eigenvalue weighted by Crippen LogP contribution is 2.30. The summed E-state index contributed by atoms with van der Waals surface area (Å²) in [6.45, 7) is 3.36. The molecule has 0 saturated heterocycles. The van der Waals surface area contributed by atoms with Gasteiger partial charge in [-0.15, -0.1) is 0 Å². The first-order valence-electron chi connectivity index (χ1n) is 9.48. The lowest BCUT2D eigenvalue weighted by molar-refractivity contribution is -0.117. The zero-order chi connectivity index (χ0) is 22.7. The van der Waals surface area contributed by atoms with Crippen molar-refractivity contribution in [1.29, 1.82) is 0 Å². The van der Waals surface area contributed by atoms with E-state index in [0.717, 1.165) is 12.8 Å². The van der Waals surface area contributed by atoms with Gasteiger partial charge in [-0.05, 0) is 50.5 Å². The number of pyridine rings is 2. The average Bonchev–Trinajstić information content (AvgIpc) is 3.54. The molecule has 11 heteroatoms. The first-order valence-corrected chi connectivity index (χ1v) is 9.86. The molecule has 2 aromatic heterocycles. The minimum absolute atomic E-state index is 0.00261. The van der Waals surface area contributed by atoms with Gasteiger partial charge >= 0.3 is 6.43 Å². The topological polar surface area (TPSA) is 93.2 Å². The summed E-state index contributed by atoms with van der Waals surface area (Å²) in [5.41, 5.74) is 1.30. The Hall–Kier alpha value is -2.88. The zero-order valence-corrected chi connectivity index (χ0v) is 17.4. The van der Waals surface area contributed by atoms with Crippen molar-refractivity contribution in [2.45, 2.75) is 45.5 Å². The van der Waals surface area contributed by atoms with Crippen molar-refractivity contribution in [2.24, 2.45) is 5.92 Å². The largest absolute Gasteiger partial charge is 0.436 e. The molecule has 1 saturated carbocycles. The summed E-state index contributed by atoms with van der Waals surface area (Å²) >= 11 is 5.94. The molecule has 0 radical (unpaired) electrons. The highest BCUT2D eigenvalue weighted by molar-refractivity contribution is 6.31. The van der Waals surface area contributed by atoms with E-state index < -0.39 is 30.6 Å². The number of amides is 2. The van der Waals surface area contributed by atoms with Gasteiger partial charge < -0.3 is 15.4 Å². The molecule has 2 aromatic rings. The molecule has 3 rings (SSSR count).